The maximum atomic E-state index is 12.6. The van der Waals surface area contributed by atoms with Crippen molar-refractivity contribution >= 4 is 23.8 Å². The number of methoxy groups -OCH3 is 1. The number of nitrogens with one attached hydrogen (secondary N) is 2. The van der Waals surface area contributed by atoms with E-state index in [2.05, 4.69) is 10.6 Å². The molecule has 2 heterocycles. The Kier molecular flexibility index (Phi) is 6.65. The van der Waals surface area contributed by atoms with Gasteiger partial charge in [-0.25, -0.2) is 0 Å². The van der Waals surface area contributed by atoms with Crippen LogP contribution in [0.4, 0.5) is 0 Å². The average Bonchev–Trinajstić information content (AvgIpc) is 2.70. The maximum absolute atomic E-state index is 12.6. The van der Waals surface area contributed by atoms with Crippen LogP contribution in [0.15, 0.2) is 30.3 Å². The number of hydrogen-bond donors (Lipinski definition) is 2. The van der Waals surface area contributed by atoms with Crippen LogP contribution in [0.5, 0.6) is 5.75 Å². The van der Waals surface area contributed by atoms with Crippen molar-refractivity contribution in [3.63, 3.8) is 0 Å². The predicted molar refractivity (Wildman–Crippen MR) is 105 cm³/mol. The number of carbonyl (C=O) groups excluding carboxylic acids is 3. The minimum absolute atomic E-state index is 0.0564. The smallest absolute Gasteiger partial charge is 0.239 e. The van der Waals surface area contributed by atoms with Crippen molar-refractivity contribution in [2.45, 2.75) is 12.5 Å². The number of ether oxygens (including phenoxy) is 1. The average molecular weight is 386 g/mol. The Morgan fingerprint density at radius 3 is 2.79 bits per heavy atom. The molecule has 0 spiro atoms. The van der Waals surface area contributed by atoms with Crippen LogP contribution in [0.3, 0.4) is 0 Å². The van der Waals surface area contributed by atoms with Crippen LogP contribution in [-0.4, -0.2) is 79.9 Å². The first-order chi connectivity index (χ1) is 13.6. The van der Waals surface area contributed by atoms with E-state index >= 15 is 0 Å². The summed E-state index contributed by atoms with van der Waals surface area (Å²) in [4.78, 5) is 40.0. The Labute approximate surface area is 164 Å². The molecule has 1 aromatic rings. The van der Waals surface area contributed by atoms with Gasteiger partial charge in [0.15, 0.2) is 0 Å². The number of amides is 3. The minimum Gasteiger partial charge on any atom is -0.496 e. The van der Waals surface area contributed by atoms with E-state index in [0.29, 0.717) is 32.7 Å². The Balaban J connectivity index is 1.63. The normalized spacial score (nSPS) is 20.8. The third-order valence-electron chi connectivity index (χ3n) is 4.98. The summed E-state index contributed by atoms with van der Waals surface area (Å²) >= 11 is 0. The van der Waals surface area contributed by atoms with Crippen molar-refractivity contribution in [3.8, 4) is 5.75 Å². The maximum Gasteiger partial charge on any atom is 0.239 e. The molecule has 0 radical (unpaired) electrons. The zero-order valence-corrected chi connectivity index (χ0v) is 16.0. The largest absolute Gasteiger partial charge is 0.496 e. The van der Waals surface area contributed by atoms with Crippen molar-refractivity contribution in [3.05, 3.63) is 35.9 Å². The fraction of sp³-hybridized carbons (Fsp3) is 0.450. The molecule has 28 heavy (non-hydrogen) atoms. The van der Waals surface area contributed by atoms with Crippen LogP contribution in [-0.2, 0) is 14.4 Å². The molecular weight excluding hydrogens is 360 g/mol. The summed E-state index contributed by atoms with van der Waals surface area (Å²) in [5.41, 5.74) is 0.957. The Bertz CT molecular complexity index is 764. The zero-order valence-electron chi connectivity index (χ0n) is 16.0. The van der Waals surface area contributed by atoms with Gasteiger partial charge in [-0.05, 0) is 6.07 Å². The lowest BCUT2D eigenvalue weighted by atomic mass is 10.1. The van der Waals surface area contributed by atoms with Gasteiger partial charge in [0, 0.05) is 38.3 Å². The highest BCUT2D eigenvalue weighted by atomic mass is 16.5. The van der Waals surface area contributed by atoms with E-state index in [4.69, 9.17) is 4.74 Å². The Morgan fingerprint density at radius 2 is 2.00 bits per heavy atom. The number of nitrogens with zero attached hydrogens (tertiary/aromatic N) is 2. The van der Waals surface area contributed by atoms with Crippen molar-refractivity contribution in [2.24, 2.45) is 0 Å². The van der Waals surface area contributed by atoms with E-state index in [1.54, 1.807) is 7.11 Å². The predicted octanol–water partition coefficient (Wildman–Crippen LogP) is -0.143. The second kappa shape index (κ2) is 9.36. The summed E-state index contributed by atoms with van der Waals surface area (Å²) in [6, 6.07) is 7.17. The first-order valence-electron chi connectivity index (χ1n) is 9.44. The van der Waals surface area contributed by atoms with Crippen molar-refractivity contribution in [2.75, 3.05) is 46.4 Å². The van der Waals surface area contributed by atoms with Crippen LogP contribution in [0.1, 0.15) is 12.0 Å². The molecule has 2 aliphatic heterocycles. The van der Waals surface area contributed by atoms with E-state index in [1.165, 1.54) is 4.90 Å². The molecule has 3 rings (SSSR count). The molecular formula is C20H26N4O4. The molecule has 3 amide bonds. The van der Waals surface area contributed by atoms with Crippen LogP contribution >= 0.6 is 0 Å². The standard InChI is InChI=1S/C20H26N4O4/c1-28-17-7-3-2-5-15(17)6-4-10-23-11-9-22-20(27)16(23)13-19(26)24-12-8-21-18(25)14-24/h2-7,16H,8-14H2,1H3,(H,21,25)(H,22,27)/b6-4+/t16-/m1/s1. The lowest BCUT2D eigenvalue weighted by Gasteiger charge is -2.35. The van der Waals surface area contributed by atoms with E-state index in [-0.39, 0.29) is 30.7 Å². The van der Waals surface area contributed by atoms with Gasteiger partial charge < -0.3 is 20.3 Å². The van der Waals surface area contributed by atoms with Gasteiger partial charge in [0.05, 0.1) is 26.1 Å². The molecule has 0 unspecified atom stereocenters. The summed E-state index contributed by atoms with van der Waals surface area (Å²) in [5, 5.41) is 5.53. The second-order valence-corrected chi connectivity index (χ2v) is 6.82. The van der Waals surface area contributed by atoms with Gasteiger partial charge >= 0.3 is 0 Å². The van der Waals surface area contributed by atoms with Crippen LogP contribution < -0.4 is 15.4 Å². The fourth-order valence-electron chi connectivity index (χ4n) is 3.47. The van der Waals surface area contributed by atoms with Crippen molar-refractivity contribution < 1.29 is 19.1 Å². The molecule has 8 heteroatoms. The van der Waals surface area contributed by atoms with Gasteiger partial charge in [-0.2, -0.15) is 0 Å². The molecule has 0 aromatic heterocycles. The molecule has 2 N–H and O–H groups in total. The summed E-state index contributed by atoms with van der Waals surface area (Å²) in [6.45, 7) is 2.75. The Morgan fingerprint density at radius 1 is 1.21 bits per heavy atom. The molecule has 2 fully saturated rings. The summed E-state index contributed by atoms with van der Waals surface area (Å²) < 4.78 is 5.34. The molecule has 0 bridgehead atoms. The first-order valence-corrected chi connectivity index (χ1v) is 9.44. The quantitative estimate of drug-likeness (QED) is 0.710. The first kappa shape index (κ1) is 19.9. The number of rotatable bonds is 6. The highest BCUT2D eigenvalue weighted by Gasteiger charge is 2.33. The SMILES string of the molecule is COc1ccccc1/C=C/CN1CCNC(=O)[C@H]1CC(=O)N1CCNC(=O)C1. The van der Waals surface area contributed by atoms with Gasteiger partial charge in [0.2, 0.25) is 17.7 Å². The van der Waals surface area contributed by atoms with Crippen LogP contribution in [0.2, 0.25) is 0 Å². The molecule has 0 aliphatic carbocycles. The fourth-order valence-corrected chi connectivity index (χ4v) is 3.47. The number of hydrogen-bond acceptors (Lipinski definition) is 5. The summed E-state index contributed by atoms with van der Waals surface area (Å²) in [7, 11) is 1.63. The van der Waals surface area contributed by atoms with Gasteiger partial charge in [0.1, 0.15) is 5.75 Å². The lowest BCUT2D eigenvalue weighted by molar-refractivity contribution is -0.142. The van der Waals surface area contributed by atoms with Crippen LogP contribution in [0.25, 0.3) is 6.08 Å². The number of carbonyl (C=O) groups is 3. The Hall–Kier alpha value is -2.87. The molecule has 2 saturated heterocycles. The second-order valence-electron chi connectivity index (χ2n) is 6.82. The van der Waals surface area contributed by atoms with Gasteiger partial charge in [0.25, 0.3) is 0 Å². The molecule has 1 atom stereocenters. The van der Waals surface area contributed by atoms with Crippen LogP contribution in [0, 0.1) is 0 Å². The molecule has 150 valence electrons. The zero-order chi connectivity index (χ0) is 19.9. The number of piperazine rings is 2. The molecule has 8 nitrogen and oxygen atoms in total. The summed E-state index contributed by atoms with van der Waals surface area (Å²) in [6.07, 6.45) is 4.00. The van der Waals surface area contributed by atoms with Gasteiger partial charge in [-0.15, -0.1) is 0 Å². The number of benzene rings is 1. The molecule has 0 saturated carbocycles. The highest BCUT2D eigenvalue weighted by Crippen LogP contribution is 2.19. The minimum atomic E-state index is -0.534. The van der Waals surface area contributed by atoms with Crippen molar-refractivity contribution in [1.29, 1.82) is 0 Å². The lowest BCUT2D eigenvalue weighted by Crippen LogP contribution is -2.57. The monoisotopic (exact) mass is 386 g/mol. The third-order valence-corrected chi connectivity index (χ3v) is 4.98. The van der Waals surface area contributed by atoms with Gasteiger partial charge in [-0.1, -0.05) is 30.4 Å². The summed E-state index contributed by atoms with van der Waals surface area (Å²) in [5.74, 6) is 0.303. The highest BCUT2D eigenvalue weighted by molar-refractivity contribution is 5.91. The topological polar surface area (TPSA) is 91.0 Å². The molecule has 2 aliphatic rings. The van der Waals surface area contributed by atoms with E-state index < -0.39 is 6.04 Å². The van der Waals surface area contributed by atoms with E-state index in [1.807, 2.05) is 41.3 Å². The third kappa shape index (κ3) is 4.89. The number of para-hydroxylation sites is 1. The van der Waals surface area contributed by atoms with Gasteiger partial charge in [-0.3, -0.25) is 19.3 Å². The van der Waals surface area contributed by atoms with E-state index in [0.717, 1.165) is 11.3 Å². The van der Waals surface area contributed by atoms with E-state index in [9.17, 15) is 14.4 Å². The van der Waals surface area contributed by atoms with Crippen molar-refractivity contribution in [1.82, 2.24) is 20.4 Å². The molecule has 1 aromatic carbocycles.